The van der Waals surface area contributed by atoms with E-state index in [1.807, 2.05) is 25.9 Å². The predicted molar refractivity (Wildman–Crippen MR) is 57.2 cm³/mol. The molecule has 0 aromatic carbocycles. The summed E-state index contributed by atoms with van der Waals surface area (Å²) in [5.41, 5.74) is 0. The Labute approximate surface area is 86.2 Å². The van der Waals surface area contributed by atoms with Crippen LogP contribution < -0.4 is 5.32 Å². The Bertz CT molecular complexity index is 194. The maximum atomic E-state index is 11.8. The molecule has 1 saturated heterocycles. The first kappa shape index (κ1) is 11.5. The molecule has 1 unspecified atom stereocenters. The fourth-order valence-electron chi connectivity index (χ4n) is 1.58. The SMILES string of the molecule is CC1CNCCN(CCN(C)C)C1=O. The van der Waals surface area contributed by atoms with Crippen molar-refractivity contribution in [2.45, 2.75) is 6.92 Å². The molecule has 1 amide bonds. The quantitative estimate of drug-likeness (QED) is 0.673. The van der Waals surface area contributed by atoms with Gasteiger partial charge < -0.3 is 15.1 Å². The van der Waals surface area contributed by atoms with Gasteiger partial charge in [0.25, 0.3) is 0 Å². The second kappa shape index (κ2) is 5.32. The van der Waals surface area contributed by atoms with Crippen LogP contribution in [0.1, 0.15) is 6.92 Å². The van der Waals surface area contributed by atoms with Crippen LogP contribution in [0.3, 0.4) is 0 Å². The predicted octanol–water partition coefficient (Wildman–Crippen LogP) is -0.384. The van der Waals surface area contributed by atoms with Gasteiger partial charge in [-0.05, 0) is 14.1 Å². The van der Waals surface area contributed by atoms with E-state index >= 15 is 0 Å². The van der Waals surface area contributed by atoms with Crippen LogP contribution in [0, 0.1) is 5.92 Å². The zero-order chi connectivity index (χ0) is 10.6. The number of likely N-dealkylation sites (N-methyl/N-ethyl adjacent to an activating group) is 1. The van der Waals surface area contributed by atoms with E-state index in [4.69, 9.17) is 0 Å². The van der Waals surface area contributed by atoms with Crippen LogP contribution >= 0.6 is 0 Å². The molecular weight excluding hydrogens is 178 g/mol. The van der Waals surface area contributed by atoms with E-state index in [9.17, 15) is 4.79 Å². The zero-order valence-electron chi connectivity index (χ0n) is 9.42. The lowest BCUT2D eigenvalue weighted by Gasteiger charge is -2.23. The third-order valence-electron chi connectivity index (χ3n) is 2.56. The van der Waals surface area contributed by atoms with Gasteiger partial charge in [0.05, 0.1) is 0 Å². The molecular formula is C10H21N3O. The number of nitrogens with one attached hydrogen (secondary N) is 1. The van der Waals surface area contributed by atoms with Crippen LogP contribution in [0.2, 0.25) is 0 Å². The molecule has 82 valence electrons. The van der Waals surface area contributed by atoms with Gasteiger partial charge in [0.15, 0.2) is 0 Å². The summed E-state index contributed by atoms with van der Waals surface area (Å²) < 4.78 is 0. The molecule has 0 saturated carbocycles. The van der Waals surface area contributed by atoms with Gasteiger partial charge in [0, 0.05) is 38.6 Å². The summed E-state index contributed by atoms with van der Waals surface area (Å²) in [5, 5.41) is 3.27. The minimum absolute atomic E-state index is 0.125. The van der Waals surface area contributed by atoms with Gasteiger partial charge in [0.1, 0.15) is 0 Å². The lowest BCUT2D eigenvalue weighted by molar-refractivity contribution is -0.134. The molecule has 0 aliphatic carbocycles. The second-order valence-corrected chi connectivity index (χ2v) is 4.23. The average molecular weight is 199 g/mol. The second-order valence-electron chi connectivity index (χ2n) is 4.23. The number of carbonyl (C=O) groups is 1. The van der Waals surface area contributed by atoms with Crippen molar-refractivity contribution < 1.29 is 4.79 Å². The Balaban J connectivity index is 2.44. The summed E-state index contributed by atoms with van der Waals surface area (Å²) in [5.74, 6) is 0.413. The van der Waals surface area contributed by atoms with Crippen molar-refractivity contribution in [1.82, 2.24) is 15.1 Å². The summed E-state index contributed by atoms with van der Waals surface area (Å²) in [6.45, 7) is 6.36. The van der Waals surface area contributed by atoms with E-state index in [2.05, 4.69) is 10.2 Å². The number of amides is 1. The fourth-order valence-corrected chi connectivity index (χ4v) is 1.58. The molecule has 1 heterocycles. The highest BCUT2D eigenvalue weighted by atomic mass is 16.2. The third kappa shape index (κ3) is 3.27. The van der Waals surface area contributed by atoms with Crippen LogP contribution in [-0.4, -0.2) is 62.5 Å². The molecule has 0 bridgehead atoms. The molecule has 0 spiro atoms. The standard InChI is InChI=1S/C10H21N3O/c1-9-8-11-4-5-13(10(9)14)7-6-12(2)3/h9,11H,4-8H2,1-3H3. The number of hydrogen-bond donors (Lipinski definition) is 1. The van der Waals surface area contributed by atoms with Crippen LogP contribution in [0.15, 0.2) is 0 Å². The summed E-state index contributed by atoms with van der Waals surface area (Å²) in [7, 11) is 4.06. The van der Waals surface area contributed by atoms with E-state index in [0.717, 1.165) is 32.7 Å². The number of hydrogen-bond acceptors (Lipinski definition) is 3. The first-order valence-electron chi connectivity index (χ1n) is 5.25. The average Bonchev–Trinajstić information content (AvgIpc) is 2.28. The minimum Gasteiger partial charge on any atom is -0.340 e. The lowest BCUT2D eigenvalue weighted by Crippen LogP contribution is -2.39. The first-order valence-corrected chi connectivity index (χ1v) is 5.25. The van der Waals surface area contributed by atoms with E-state index in [1.54, 1.807) is 0 Å². The molecule has 0 aromatic rings. The van der Waals surface area contributed by atoms with Gasteiger partial charge in [-0.3, -0.25) is 4.79 Å². The molecule has 0 radical (unpaired) electrons. The van der Waals surface area contributed by atoms with E-state index in [1.165, 1.54) is 0 Å². The first-order chi connectivity index (χ1) is 6.61. The van der Waals surface area contributed by atoms with Gasteiger partial charge >= 0.3 is 0 Å². The topological polar surface area (TPSA) is 35.6 Å². The minimum atomic E-state index is 0.125. The number of carbonyl (C=O) groups excluding carboxylic acids is 1. The van der Waals surface area contributed by atoms with Gasteiger partial charge in [-0.1, -0.05) is 6.92 Å². The van der Waals surface area contributed by atoms with Crippen molar-refractivity contribution in [2.75, 3.05) is 46.8 Å². The van der Waals surface area contributed by atoms with E-state index in [0.29, 0.717) is 0 Å². The smallest absolute Gasteiger partial charge is 0.226 e. The monoisotopic (exact) mass is 199 g/mol. The highest BCUT2D eigenvalue weighted by molar-refractivity contribution is 5.79. The van der Waals surface area contributed by atoms with Crippen molar-refractivity contribution in [3.63, 3.8) is 0 Å². The van der Waals surface area contributed by atoms with Gasteiger partial charge in [-0.15, -0.1) is 0 Å². The molecule has 1 aliphatic rings. The van der Waals surface area contributed by atoms with Gasteiger partial charge in [-0.25, -0.2) is 0 Å². The van der Waals surface area contributed by atoms with Crippen LogP contribution in [0.25, 0.3) is 0 Å². The Kier molecular flexibility index (Phi) is 4.35. The molecule has 4 heteroatoms. The lowest BCUT2D eigenvalue weighted by atomic mass is 10.1. The summed E-state index contributed by atoms with van der Waals surface area (Å²) in [6.07, 6.45) is 0. The largest absolute Gasteiger partial charge is 0.340 e. The van der Waals surface area contributed by atoms with Gasteiger partial charge in [0.2, 0.25) is 5.91 Å². The molecule has 4 nitrogen and oxygen atoms in total. The van der Waals surface area contributed by atoms with Crippen molar-refractivity contribution in [3.8, 4) is 0 Å². The molecule has 1 atom stereocenters. The summed E-state index contributed by atoms with van der Waals surface area (Å²) in [6, 6.07) is 0. The highest BCUT2D eigenvalue weighted by Crippen LogP contribution is 2.04. The van der Waals surface area contributed by atoms with Crippen LogP contribution in [0.4, 0.5) is 0 Å². The molecule has 1 N–H and O–H groups in total. The molecule has 1 fully saturated rings. The molecule has 0 aromatic heterocycles. The number of rotatable bonds is 3. The highest BCUT2D eigenvalue weighted by Gasteiger charge is 2.22. The van der Waals surface area contributed by atoms with Crippen LogP contribution in [-0.2, 0) is 4.79 Å². The Morgan fingerprint density at radius 2 is 2.29 bits per heavy atom. The normalized spacial score (nSPS) is 24.1. The number of nitrogens with zero attached hydrogens (tertiary/aromatic N) is 2. The van der Waals surface area contributed by atoms with E-state index < -0.39 is 0 Å². The van der Waals surface area contributed by atoms with Crippen molar-refractivity contribution >= 4 is 5.91 Å². The maximum Gasteiger partial charge on any atom is 0.226 e. The summed E-state index contributed by atoms with van der Waals surface area (Å²) >= 11 is 0. The van der Waals surface area contributed by atoms with E-state index in [-0.39, 0.29) is 11.8 Å². The van der Waals surface area contributed by atoms with Crippen LogP contribution in [0.5, 0.6) is 0 Å². The maximum absolute atomic E-state index is 11.8. The Morgan fingerprint density at radius 3 is 2.93 bits per heavy atom. The molecule has 1 rings (SSSR count). The van der Waals surface area contributed by atoms with Crippen molar-refractivity contribution in [2.24, 2.45) is 5.92 Å². The Hall–Kier alpha value is -0.610. The third-order valence-corrected chi connectivity index (χ3v) is 2.56. The van der Waals surface area contributed by atoms with Crippen molar-refractivity contribution in [3.05, 3.63) is 0 Å². The molecule has 1 aliphatic heterocycles. The zero-order valence-corrected chi connectivity index (χ0v) is 9.42. The summed E-state index contributed by atoms with van der Waals surface area (Å²) in [4.78, 5) is 15.9. The van der Waals surface area contributed by atoms with Crippen molar-refractivity contribution in [1.29, 1.82) is 0 Å². The van der Waals surface area contributed by atoms with Gasteiger partial charge in [-0.2, -0.15) is 0 Å². The Morgan fingerprint density at radius 1 is 1.57 bits per heavy atom. The molecule has 14 heavy (non-hydrogen) atoms. The fraction of sp³-hybridized carbons (Fsp3) is 0.900.